The van der Waals surface area contributed by atoms with Gasteiger partial charge in [0.15, 0.2) is 22.2 Å². The fraction of sp³-hybridized carbons (Fsp3) is 0.158. The molecule has 3 rings (SSSR count). The molecule has 0 saturated heterocycles. The largest absolute Gasteiger partial charge is 0.454 e. The van der Waals surface area contributed by atoms with Gasteiger partial charge in [-0.25, -0.2) is 13.2 Å². The Hall–Kier alpha value is -2.64. The van der Waals surface area contributed by atoms with Gasteiger partial charge < -0.3 is 9.15 Å². The van der Waals surface area contributed by atoms with Gasteiger partial charge in [0.05, 0.1) is 15.5 Å². The topological polar surface area (TPSA) is 90.7 Å². The third-order valence-electron chi connectivity index (χ3n) is 4.02. The van der Waals surface area contributed by atoms with Gasteiger partial charge in [-0.2, -0.15) is 0 Å². The number of esters is 1. The van der Waals surface area contributed by atoms with E-state index in [9.17, 15) is 18.0 Å². The van der Waals surface area contributed by atoms with Crippen LogP contribution in [0.1, 0.15) is 26.5 Å². The minimum atomic E-state index is -3.52. The number of furan rings is 1. The number of Topliss-reactive ketones (excluding diaryl/α,β-unsaturated/α-hetero) is 1. The summed E-state index contributed by atoms with van der Waals surface area (Å²) in [6, 6.07) is 10.9. The predicted octanol–water partition coefficient (Wildman–Crippen LogP) is 3.84. The van der Waals surface area contributed by atoms with Crippen molar-refractivity contribution in [1.29, 1.82) is 0 Å². The monoisotopic (exact) mass is 406 g/mol. The van der Waals surface area contributed by atoms with Crippen LogP contribution in [0.5, 0.6) is 0 Å². The fourth-order valence-corrected chi connectivity index (χ4v) is 3.45. The Labute approximate surface area is 160 Å². The quantitative estimate of drug-likeness (QED) is 0.472. The zero-order chi connectivity index (χ0) is 19.8. The minimum absolute atomic E-state index is 0.0276. The molecule has 8 heteroatoms. The molecule has 27 heavy (non-hydrogen) atoms. The Kier molecular flexibility index (Phi) is 5.08. The maximum atomic E-state index is 12.4. The van der Waals surface area contributed by atoms with Crippen molar-refractivity contribution in [2.45, 2.75) is 11.8 Å². The maximum Gasteiger partial charge on any atom is 0.340 e. The number of para-hydroxylation sites is 1. The number of hydrogen-bond donors (Lipinski definition) is 0. The van der Waals surface area contributed by atoms with Crippen molar-refractivity contribution in [2.75, 3.05) is 12.9 Å². The predicted molar refractivity (Wildman–Crippen MR) is 100 cm³/mol. The number of benzene rings is 2. The van der Waals surface area contributed by atoms with Gasteiger partial charge in [0.2, 0.25) is 5.78 Å². The fourth-order valence-electron chi connectivity index (χ4n) is 2.61. The molecule has 1 aromatic heterocycles. The molecule has 0 unspecified atom stereocenters. The lowest BCUT2D eigenvalue weighted by atomic mass is 10.1. The molecule has 0 bridgehead atoms. The molecule has 2 aromatic carbocycles. The number of aryl methyl sites for hydroxylation is 1. The highest BCUT2D eigenvalue weighted by molar-refractivity contribution is 7.90. The number of carbonyl (C=O) groups excluding carboxylic acids is 2. The Bertz CT molecular complexity index is 1160. The molecular formula is C19H15ClO6S. The van der Waals surface area contributed by atoms with E-state index in [0.717, 1.165) is 17.7 Å². The van der Waals surface area contributed by atoms with E-state index in [-0.39, 0.29) is 21.2 Å². The highest BCUT2D eigenvalue weighted by Crippen LogP contribution is 2.26. The second-order valence-corrected chi connectivity index (χ2v) is 8.39. The van der Waals surface area contributed by atoms with Crippen molar-refractivity contribution >= 4 is 44.2 Å². The second-order valence-electron chi connectivity index (χ2n) is 5.97. The van der Waals surface area contributed by atoms with Crippen LogP contribution in [0.15, 0.2) is 51.8 Å². The first-order chi connectivity index (χ1) is 12.7. The van der Waals surface area contributed by atoms with Crippen LogP contribution in [0.4, 0.5) is 0 Å². The van der Waals surface area contributed by atoms with Gasteiger partial charge in [0, 0.05) is 17.2 Å². The van der Waals surface area contributed by atoms with E-state index in [1.54, 1.807) is 19.1 Å². The van der Waals surface area contributed by atoms with E-state index in [4.69, 9.17) is 20.8 Å². The number of halogens is 1. The van der Waals surface area contributed by atoms with Crippen molar-refractivity contribution in [2.24, 2.45) is 0 Å². The van der Waals surface area contributed by atoms with Crippen molar-refractivity contribution in [1.82, 2.24) is 0 Å². The van der Waals surface area contributed by atoms with E-state index >= 15 is 0 Å². The summed E-state index contributed by atoms with van der Waals surface area (Å²) in [5.41, 5.74) is 1.09. The number of rotatable bonds is 5. The number of sulfone groups is 1. The first-order valence-electron chi connectivity index (χ1n) is 7.86. The summed E-state index contributed by atoms with van der Waals surface area (Å²) in [4.78, 5) is 24.6. The van der Waals surface area contributed by atoms with E-state index in [0.29, 0.717) is 11.1 Å². The lowest BCUT2D eigenvalue weighted by Gasteiger charge is -2.07. The lowest BCUT2D eigenvalue weighted by Crippen LogP contribution is -2.15. The van der Waals surface area contributed by atoms with Crippen molar-refractivity contribution in [3.05, 3.63) is 64.4 Å². The van der Waals surface area contributed by atoms with Crippen LogP contribution in [0.3, 0.4) is 0 Å². The van der Waals surface area contributed by atoms with Crippen molar-refractivity contribution < 1.29 is 27.2 Å². The first kappa shape index (κ1) is 19.1. The van der Waals surface area contributed by atoms with Gasteiger partial charge in [-0.3, -0.25) is 4.79 Å². The van der Waals surface area contributed by atoms with Gasteiger partial charge in [-0.1, -0.05) is 29.8 Å². The SMILES string of the molecule is Cc1c(C(=O)COC(=O)c2cc(S(C)(=O)=O)ccc2Cl)oc2ccccc12. The molecule has 3 aromatic rings. The van der Waals surface area contributed by atoms with E-state index in [2.05, 4.69) is 0 Å². The molecule has 0 radical (unpaired) electrons. The number of hydrogen-bond acceptors (Lipinski definition) is 6. The van der Waals surface area contributed by atoms with E-state index in [1.807, 2.05) is 12.1 Å². The highest BCUT2D eigenvalue weighted by Gasteiger charge is 2.21. The van der Waals surface area contributed by atoms with E-state index in [1.165, 1.54) is 12.1 Å². The molecular weight excluding hydrogens is 392 g/mol. The normalized spacial score (nSPS) is 11.5. The molecule has 0 aliphatic rings. The van der Waals surface area contributed by atoms with E-state index < -0.39 is 28.2 Å². The van der Waals surface area contributed by atoms with Crippen LogP contribution in [-0.2, 0) is 14.6 Å². The molecule has 0 saturated carbocycles. The summed E-state index contributed by atoms with van der Waals surface area (Å²) in [6.45, 7) is 1.19. The van der Waals surface area contributed by atoms with Crippen LogP contribution < -0.4 is 0 Å². The molecule has 0 aliphatic heterocycles. The summed E-state index contributed by atoms with van der Waals surface area (Å²) in [6.07, 6.45) is 1.01. The van der Waals surface area contributed by atoms with Gasteiger partial charge in [0.1, 0.15) is 5.58 Å². The molecule has 0 amide bonds. The minimum Gasteiger partial charge on any atom is -0.454 e. The van der Waals surface area contributed by atoms with Crippen LogP contribution in [0.25, 0.3) is 11.0 Å². The molecule has 0 fully saturated rings. The Morgan fingerprint density at radius 1 is 1.15 bits per heavy atom. The molecule has 0 aliphatic carbocycles. The summed E-state index contributed by atoms with van der Waals surface area (Å²) >= 11 is 5.95. The van der Waals surface area contributed by atoms with Crippen LogP contribution in [0.2, 0.25) is 5.02 Å². The molecule has 0 atom stereocenters. The van der Waals surface area contributed by atoms with Crippen molar-refractivity contribution in [3.63, 3.8) is 0 Å². The number of ether oxygens (including phenoxy) is 1. The summed E-state index contributed by atoms with van der Waals surface area (Å²) in [5, 5.41) is 0.829. The van der Waals surface area contributed by atoms with Crippen LogP contribution in [-0.4, -0.2) is 33.0 Å². The average Bonchev–Trinajstić information content (AvgIpc) is 2.96. The zero-order valence-electron chi connectivity index (χ0n) is 14.5. The van der Waals surface area contributed by atoms with Gasteiger partial charge in [-0.05, 0) is 31.2 Å². The number of fused-ring (bicyclic) bond motifs is 1. The second kappa shape index (κ2) is 7.17. The Morgan fingerprint density at radius 3 is 2.52 bits per heavy atom. The molecule has 1 heterocycles. The smallest absolute Gasteiger partial charge is 0.340 e. The van der Waals surface area contributed by atoms with Crippen LogP contribution in [0, 0.1) is 6.92 Å². The number of carbonyl (C=O) groups is 2. The zero-order valence-corrected chi connectivity index (χ0v) is 16.1. The third-order valence-corrected chi connectivity index (χ3v) is 5.46. The summed E-state index contributed by atoms with van der Waals surface area (Å²) < 4.78 is 33.8. The number of ketones is 1. The molecule has 140 valence electrons. The highest BCUT2D eigenvalue weighted by atomic mass is 35.5. The summed E-state index contributed by atoms with van der Waals surface area (Å²) in [7, 11) is -3.52. The van der Waals surface area contributed by atoms with Crippen LogP contribution >= 0.6 is 11.6 Å². The maximum absolute atomic E-state index is 12.4. The Balaban J connectivity index is 1.79. The summed E-state index contributed by atoms with van der Waals surface area (Å²) in [5.74, 6) is -1.29. The first-order valence-corrected chi connectivity index (χ1v) is 10.1. The average molecular weight is 407 g/mol. The molecule has 0 spiro atoms. The van der Waals surface area contributed by atoms with Crippen molar-refractivity contribution in [3.8, 4) is 0 Å². The van der Waals surface area contributed by atoms with Gasteiger partial charge in [-0.15, -0.1) is 0 Å². The lowest BCUT2D eigenvalue weighted by molar-refractivity contribution is 0.0468. The third kappa shape index (κ3) is 3.89. The molecule has 6 nitrogen and oxygen atoms in total. The molecule has 0 N–H and O–H groups in total. The Morgan fingerprint density at radius 2 is 1.85 bits per heavy atom. The van der Waals surface area contributed by atoms with Gasteiger partial charge >= 0.3 is 5.97 Å². The standard InChI is InChI=1S/C19H15ClO6S/c1-11-13-5-3-4-6-17(13)26-18(11)16(21)10-25-19(22)14-9-12(27(2,23)24)7-8-15(14)20/h3-9H,10H2,1-2H3. The van der Waals surface area contributed by atoms with Gasteiger partial charge in [0.25, 0.3) is 0 Å².